The summed E-state index contributed by atoms with van der Waals surface area (Å²) in [6, 6.07) is 0. The molecular formula is C21H36O4. The Kier molecular flexibility index (Phi) is 9.65. The van der Waals surface area contributed by atoms with Crippen LogP contribution in [0.25, 0.3) is 0 Å². The Hall–Kier alpha value is -0.940. The summed E-state index contributed by atoms with van der Waals surface area (Å²) in [5.74, 6) is 0.637. The van der Waals surface area contributed by atoms with Gasteiger partial charge in [0.1, 0.15) is 0 Å². The van der Waals surface area contributed by atoms with E-state index >= 15 is 0 Å². The van der Waals surface area contributed by atoms with Gasteiger partial charge in [0.05, 0.1) is 31.0 Å². The van der Waals surface area contributed by atoms with Crippen LogP contribution in [0.15, 0.2) is 36.5 Å². The second kappa shape index (κ2) is 10.9. The molecule has 0 aromatic heterocycles. The molecule has 6 atom stereocenters. The molecule has 0 radical (unpaired) electrons. The van der Waals surface area contributed by atoms with Gasteiger partial charge in [-0.3, -0.25) is 0 Å². The summed E-state index contributed by atoms with van der Waals surface area (Å²) in [7, 11) is 0. The highest BCUT2D eigenvalue weighted by Gasteiger charge is 2.31. The van der Waals surface area contributed by atoms with Crippen LogP contribution in [-0.4, -0.2) is 46.3 Å². The average molecular weight is 353 g/mol. The quantitative estimate of drug-likeness (QED) is 0.499. The van der Waals surface area contributed by atoms with E-state index in [4.69, 9.17) is 9.84 Å². The third-order valence-corrected chi connectivity index (χ3v) is 4.90. The Morgan fingerprint density at radius 2 is 1.92 bits per heavy atom. The van der Waals surface area contributed by atoms with Gasteiger partial charge in [0.25, 0.3) is 0 Å². The summed E-state index contributed by atoms with van der Waals surface area (Å²) in [5.41, 5.74) is 2.21. The molecule has 0 bridgehead atoms. The van der Waals surface area contributed by atoms with E-state index in [1.807, 2.05) is 13.8 Å². The number of ether oxygens (including phenoxy) is 1. The van der Waals surface area contributed by atoms with Gasteiger partial charge in [0, 0.05) is 6.42 Å². The van der Waals surface area contributed by atoms with E-state index in [1.165, 1.54) is 0 Å². The van der Waals surface area contributed by atoms with Crippen molar-refractivity contribution in [2.45, 2.75) is 77.3 Å². The molecular weight excluding hydrogens is 316 g/mol. The third-order valence-electron chi connectivity index (χ3n) is 4.90. The maximum atomic E-state index is 10.00. The molecule has 0 spiro atoms. The number of aliphatic hydroxyl groups excluding tert-OH is 3. The van der Waals surface area contributed by atoms with Crippen LogP contribution < -0.4 is 0 Å². The summed E-state index contributed by atoms with van der Waals surface area (Å²) in [4.78, 5) is 0. The zero-order valence-corrected chi connectivity index (χ0v) is 16.0. The van der Waals surface area contributed by atoms with E-state index in [0.717, 1.165) is 30.4 Å². The predicted octanol–water partition coefficient (Wildman–Crippen LogP) is 3.38. The monoisotopic (exact) mass is 352 g/mol. The molecule has 0 saturated carbocycles. The van der Waals surface area contributed by atoms with Crippen molar-refractivity contribution < 1.29 is 20.1 Å². The van der Waals surface area contributed by atoms with Gasteiger partial charge in [-0.1, -0.05) is 50.3 Å². The molecule has 4 heteroatoms. The van der Waals surface area contributed by atoms with Crippen molar-refractivity contribution in [2.75, 3.05) is 6.61 Å². The first-order chi connectivity index (χ1) is 11.7. The number of allylic oxidation sites excluding steroid dienone is 2. The third kappa shape index (κ3) is 8.32. The van der Waals surface area contributed by atoms with Gasteiger partial charge < -0.3 is 20.1 Å². The van der Waals surface area contributed by atoms with Crippen molar-refractivity contribution in [1.29, 1.82) is 0 Å². The molecule has 0 amide bonds. The lowest BCUT2D eigenvalue weighted by Gasteiger charge is -2.22. The maximum Gasteiger partial charge on any atom is 0.0795 e. The van der Waals surface area contributed by atoms with Crippen molar-refractivity contribution in [2.24, 2.45) is 11.8 Å². The lowest BCUT2D eigenvalue weighted by atomic mass is 9.89. The summed E-state index contributed by atoms with van der Waals surface area (Å²) >= 11 is 0. The lowest BCUT2D eigenvalue weighted by molar-refractivity contribution is 0.0339. The molecule has 0 unspecified atom stereocenters. The molecule has 1 rings (SSSR count). The first kappa shape index (κ1) is 22.1. The maximum absolute atomic E-state index is 10.00. The van der Waals surface area contributed by atoms with E-state index in [2.05, 4.69) is 32.2 Å². The van der Waals surface area contributed by atoms with Gasteiger partial charge in [0.2, 0.25) is 0 Å². The summed E-state index contributed by atoms with van der Waals surface area (Å²) in [5, 5.41) is 28.3. The van der Waals surface area contributed by atoms with Gasteiger partial charge in [-0.2, -0.15) is 0 Å². The van der Waals surface area contributed by atoms with Crippen LogP contribution in [0.2, 0.25) is 0 Å². The number of rotatable bonds is 11. The molecule has 1 heterocycles. The van der Waals surface area contributed by atoms with E-state index < -0.39 is 12.2 Å². The Morgan fingerprint density at radius 1 is 1.24 bits per heavy atom. The Labute approximate surface area is 152 Å². The highest BCUT2D eigenvalue weighted by atomic mass is 16.5. The Morgan fingerprint density at radius 3 is 2.52 bits per heavy atom. The number of hydrogen-bond donors (Lipinski definition) is 3. The predicted molar refractivity (Wildman–Crippen MR) is 102 cm³/mol. The number of hydrogen-bond acceptors (Lipinski definition) is 4. The molecule has 1 saturated heterocycles. The fourth-order valence-corrected chi connectivity index (χ4v) is 3.28. The Balaban J connectivity index is 2.41. The molecule has 1 fully saturated rings. The minimum absolute atomic E-state index is 0.151. The molecule has 3 N–H and O–H groups in total. The fraction of sp³-hybridized carbons (Fsp3) is 0.714. The van der Waals surface area contributed by atoms with Gasteiger partial charge in [-0.25, -0.2) is 0 Å². The zero-order valence-electron chi connectivity index (χ0n) is 16.0. The van der Waals surface area contributed by atoms with Crippen molar-refractivity contribution in [3.05, 3.63) is 36.5 Å². The SMILES string of the molecule is C=C(C)C/C=C\[C@H]1O[C@@H](CC(=C)[C@@H](C)C[C@@H](O)C[C@@H](O)CO)C[C@H]1C. The minimum atomic E-state index is -0.860. The fourth-order valence-electron chi connectivity index (χ4n) is 3.28. The van der Waals surface area contributed by atoms with Gasteiger partial charge in [-0.15, -0.1) is 0 Å². The first-order valence-corrected chi connectivity index (χ1v) is 9.34. The van der Waals surface area contributed by atoms with Gasteiger partial charge in [-0.05, 0) is 44.4 Å². The van der Waals surface area contributed by atoms with Crippen molar-refractivity contribution in [1.82, 2.24) is 0 Å². The summed E-state index contributed by atoms with van der Waals surface area (Å²) in [6.45, 7) is 14.0. The smallest absolute Gasteiger partial charge is 0.0795 e. The molecule has 1 aliphatic heterocycles. The van der Waals surface area contributed by atoms with Crippen LogP contribution in [0.1, 0.15) is 52.9 Å². The zero-order chi connectivity index (χ0) is 19.0. The van der Waals surface area contributed by atoms with Gasteiger partial charge >= 0.3 is 0 Å². The molecule has 0 aromatic carbocycles. The standard InChI is InChI=1S/C21H36O4/c1-14(2)7-6-8-21-17(5)11-20(25-21)10-16(4)15(3)9-18(23)12-19(24)13-22/h6,8,15,17-24H,1,4,7,9-13H2,2-3,5H3/b8-6-/t15-,17+,18+,19+,20-,21+/m0/s1. The second-order valence-electron chi connectivity index (χ2n) is 7.75. The topological polar surface area (TPSA) is 69.9 Å². The average Bonchev–Trinajstić information content (AvgIpc) is 2.86. The van der Waals surface area contributed by atoms with E-state index in [0.29, 0.717) is 12.3 Å². The molecule has 25 heavy (non-hydrogen) atoms. The van der Waals surface area contributed by atoms with Gasteiger partial charge in [0.15, 0.2) is 0 Å². The highest BCUT2D eigenvalue weighted by Crippen LogP contribution is 2.32. The minimum Gasteiger partial charge on any atom is -0.394 e. The highest BCUT2D eigenvalue weighted by molar-refractivity contribution is 5.06. The second-order valence-corrected chi connectivity index (χ2v) is 7.75. The van der Waals surface area contributed by atoms with E-state index in [1.54, 1.807) is 0 Å². The van der Waals surface area contributed by atoms with Crippen molar-refractivity contribution >= 4 is 0 Å². The van der Waals surface area contributed by atoms with Crippen molar-refractivity contribution in [3.63, 3.8) is 0 Å². The normalized spacial score (nSPS) is 27.4. The Bertz CT molecular complexity index is 457. The van der Waals surface area contributed by atoms with Crippen LogP contribution >= 0.6 is 0 Å². The van der Waals surface area contributed by atoms with Crippen molar-refractivity contribution in [3.8, 4) is 0 Å². The first-order valence-electron chi connectivity index (χ1n) is 9.34. The molecule has 1 aliphatic rings. The molecule has 144 valence electrons. The van der Waals surface area contributed by atoms with Crippen LogP contribution in [0.5, 0.6) is 0 Å². The van der Waals surface area contributed by atoms with Crippen LogP contribution in [0.4, 0.5) is 0 Å². The number of aliphatic hydroxyl groups is 3. The summed E-state index contributed by atoms with van der Waals surface area (Å²) < 4.78 is 6.15. The molecule has 0 aliphatic carbocycles. The van der Waals surface area contributed by atoms with E-state index in [-0.39, 0.29) is 31.2 Å². The summed E-state index contributed by atoms with van der Waals surface area (Å²) in [6.07, 6.45) is 6.54. The molecule has 4 nitrogen and oxygen atoms in total. The largest absolute Gasteiger partial charge is 0.394 e. The van der Waals surface area contributed by atoms with Crippen LogP contribution in [-0.2, 0) is 4.74 Å². The molecule has 0 aromatic rings. The lowest BCUT2D eigenvalue weighted by Crippen LogP contribution is -2.23. The van der Waals surface area contributed by atoms with E-state index in [9.17, 15) is 10.2 Å². The van der Waals surface area contributed by atoms with Crippen LogP contribution in [0, 0.1) is 11.8 Å². The van der Waals surface area contributed by atoms with Crippen LogP contribution in [0.3, 0.4) is 0 Å².